The largest absolute Gasteiger partial charge is 0.436 e. The molecule has 21 heavy (non-hydrogen) atoms. The number of hydrogen-bond donors (Lipinski definition) is 2. The number of hydrogen-bond acceptors (Lipinski definition) is 5. The van der Waals surface area contributed by atoms with Crippen LogP contribution in [0.3, 0.4) is 0 Å². The smallest absolute Gasteiger partial charge is 0.241 e. The van der Waals surface area contributed by atoms with E-state index < -0.39 is 0 Å². The first-order valence-electron chi connectivity index (χ1n) is 6.64. The summed E-state index contributed by atoms with van der Waals surface area (Å²) in [5, 5.41) is 7.07. The molecule has 0 radical (unpaired) electrons. The van der Waals surface area contributed by atoms with Crippen molar-refractivity contribution in [1.29, 1.82) is 0 Å². The summed E-state index contributed by atoms with van der Waals surface area (Å²) in [5.74, 6) is 0.860. The first-order valence-corrected chi connectivity index (χ1v) is 6.64. The van der Waals surface area contributed by atoms with Crippen LogP contribution in [0, 0.1) is 6.92 Å². The monoisotopic (exact) mass is 289 g/mol. The normalized spacial score (nSPS) is 12.0. The van der Waals surface area contributed by atoms with Crippen LogP contribution in [-0.2, 0) is 11.8 Å². The van der Waals surface area contributed by atoms with E-state index in [-0.39, 0.29) is 18.4 Å². The zero-order valence-electron chi connectivity index (χ0n) is 12.3. The molecule has 7 heteroatoms. The Morgan fingerprint density at radius 1 is 1.57 bits per heavy atom. The zero-order valence-corrected chi connectivity index (χ0v) is 12.3. The van der Waals surface area contributed by atoms with Crippen LogP contribution in [0.25, 0.3) is 0 Å². The highest BCUT2D eigenvalue weighted by molar-refractivity contribution is 5.93. The molecule has 0 fully saturated rings. The fraction of sp³-hybridized carbons (Fsp3) is 0.357. The van der Waals surface area contributed by atoms with Crippen molar-refractivity contribution in [2.45, 2.75) is 26.3 Å². The SMILES string of the molecule is Cc1nn(C)c(Oc2cccnc2)c1NC(=O)CC(C)N. The van der Waals surface area contributed by atoms with Gasteiger partial charge in [-0.2, -0.15) is 5.10 Å². The van der Waals surface area contributed by atoms with Gasteiger partial charge in [0.1, 0.15) is 11.4 Å². The van der Waals surface area contributed by atoms with E-state index in [1.54, 1.807) is 50.1 Å². The second-order valence-electron chi connectivity index (χ2n) is 4.91. The molecule has 7 nitrogen and oxygen atoms in total. The first kappa shape index (κ1) is 15.0. The fourth-order valence-corrected chi connectivity index (χ4v) is 1.90. The first-order chi connectivity index (χ1) is 9.97. The molecule has 1 atom stereocenters. The Morgan fingerprint density at radius 2 is 2.33 bits per heavy atom. The highest BCUT2D eigenvalue weighted by Crippen LogP contribution is 2.31. The average molecular weight is 289 g/mol. The summed E-state index contributed by atoms with van der Waals surface area (Å²) >= 11 is 0. The van der Waals surface area contributed by atoms with Crippen molar-refractivity contribution in [3.8, 4) is 11.6 Å². The molecule has 0 spiro atoms. The molecule has 0 bridgehead atoms. The van der Waals surface area contributed by atoms with Crippen LogP contribution in [0.5, 0.6) is 11.6 Å². The van der Waals surface area contributed by atoms with Crippen molar-refractivity contribution >= 4 is 11.6 Å². The number of nitrogens with zero attached hydrogens (tertiary/aromatic N) is 3. The fourth-order valence-electron chi connectivity index (χ4n) is 1.90. The molecule has 2 rings (SSSR count). The van der Waals surface area contributed by atoms with Crippen molar-refractivity contribution in [1.82, 2.24) is 14.8 Å². The number of aromatic nitrogens is 3. The molecule has 0 aliphatic carbocycles. The third kappa shape index (κ3) is 3.79. The van der Waals surface area contributed by atoms with E-state index in [0.29, 0.717) is 23.0 Å². The van der Waals surface area contributed by atoms with Crippen LogP contribution >= 0.6 is 0 Å². The van der Waals surface area contributed by atoms with Gasteiger partial charge in [-0.15, -0.1) is 0 Å². The average Bonchev–Trinajstić information content (AvgIpc) is 2.66. The second-order valence-corrected chi connectivity index (χ2v) is 4.91. The number of pyridine rings is 1. The van der Waals surface area contributed by atoms with Gasteiger partial charge in [-0.3, -0.25) is 9.78 Å². The van der Waals surface area contributed by atoms with Crippen LogP contribution in [0.1, 0.15) is 19.0 Å². The molecule has 1 amide bonds. The van der Waals surface area contributed by atoms with Gasteiger partial charge < -0.3 is 15.8 Å². The Labute approximate surface area is 123 Å². The summed E-state index contributed by atoms with van der Waals surface area (Å²) in [4.78, 5) is 15.9. The molecule has 3 N–H and O–H groups in total. The summed E-state index contributed by atoms with van der Waals surface area (Å²) in [6.45, 7) is 3.58. The standard InChI is InChI=1S/C14H19N5O2/c1-9(15)7-12(20)17-13-10(2)18-19(3)14(13)21-11-5-4-6-16-8-11/h4-6,8-9H,7,15H2,1-3H3,(H,17,20). The van der Waals surface area contributed by atoms with E-state index in [1.165, 1.54) is 0 Å². The molecule has 0 aromatic carbocycles. The molecule has 0 saturated heterocycles. The topological polar surface area (TPSA) is 95.1 Å². The van der Waals surface area contributed by atoms with Crippen LogP contribution in [0.15, 0.2) is 24.5 Å². The molecule has 2 aromatic heterocycles. The molecule has 1 unspecified atom stereocenters. The number of carbonyl (C=O) groups excluding carboxylic acids is 1. The van der Waals surface area contributed by atoms with Gasteiger partial charge >= 0.3 is 0 Å². The summed E-state index contributed by atoms with van der Waals surface area (Å²) < 4.78 is 7.33. The molecule has 2 aromatic rings. The molecule has 2 heterocycles. The van der Waals surface area contributed by atoms with Gasteiger partial charge in [-0.05, 0) is 26.0 Å². The van der Waals surface area contributed by atoms with Gasteiger partial charge in [0.05, 0.1) is 11.9 Å². The quantitative estimate of drug-likeness (QED) is 0.871. The van der Waals surface area contributed by atoms with Gasteiger partial charge in [-0.1, -0.05) is 0 Å². The lowest BCUT2D eigenvalue weighted by molar-refractivity contribution is -0.116. The minimum Gasteiger partial charge on any atom is -0.436 e. The third-order valence-corrected chi connectivity index (χ3v) is 2.79. The number of nitrogens with one attached hydrogen (secondary N) is 1. The van der Waals surface area contributed by atoms with Crippen molar-refractivity contribution in [3.05, 3.63) is 30.2 Å². The van der Waals surface area contributed by atoms with E-state index >= 15 is 0 Å². The highest BCUT2D eigenvalue weighted by Gasteiger charge is 2.18. The van der Waals surface area contributed by atoms with Gasteiger partial charge in [0.2, 0.25) is 11.8 Å². The van der Waals surface area contributed by atoms with Crippen LogP contribution in [0.4, 0.5) is 5.69 Å². The van der Waals surface area contributed by atoms with Gasteiger partial charge in [0.25, 0.3) is 0 Å². The summed E-state index contributed by atoms with van der Waals surface area (Å²) in [5.41, 5.74) is 6.85. The molecule has 0 saturated carbocycles. The van der Waals surface area contributed by atoms with Gasteiger partial charge in [-0.25, -0.2) is 4.68 Å². The number of nitrogens with two attached hydrogens (primary N) is 1. The molecule has 112 valence electrons. The van der Waals surface area contributed by atoms with Crippen molar-refractivity contribution in [2.75, 3.05) is 5.32 Å². The number of aryl methyl sites for hydroxylation is 2. The highest BCUT2D eigenvalue weighted by atomic mass is 16.5. The molecular weight excluding hydrogens is 270 g/mol. The predicted molar refractivity (Wildman–Crippen MR) is 79.2 cm³/mol. The van der Waals surface area contributed by atoms with Crippen LogP contribution in [-0.4, -0.2) is 26.7 Å². The molecular formula is C14H19N5O2. The van der Waals surface area contributed by atoms with Crippen LogP contribution in [0.2, 0.25) is 0 Å². The third-order valence-electron chi connectivity index (χ3n) is 2.79. The second kappa shape index (κ2) is 6.36. The number of anilines is 1. The predicted octanol–water partition coefficient (Wildman–Crippen LogP) is 1.59. The zero-order chi connectivity index (χ0) is 15.4. The molecule has 0 aliphatic heterocycles. The number of ether oxygens (including phenoxy) is 1. The van der Waals surface area contributed by atoms with E-state index in [1.807, 2.05) is 0 Å². The Hall–Kier alpha value is -2.41. The van der Waals surface area contributed by atoms with Gasteiger partial charge in [0, 0.05) is 25.7 Å². The van der Waals surface area contributed by atoms with E-state index in [9.17, 15) is 4.79 Å². The van der Waals surface area contributed by atoms with Crippen molar-refractivity contribution < 1.29 is 9.53 Å². The van der Waals surface area contributed by atoms with Crippen molar-refractivity contribution in [2.24, 2.45) is 12.8 Å². The Morgan fingerprint density at radius 3 is 2.95 bits per heavy atom. The Bertz CT molecular complexity index is 622. The van der Waals surface area contributed by atoms with Gasteiger partial charge in [0.15, 0.2) is 0 Å². The van der Waals surface area contributed by atoms with E-state index in [0.717, 1.165) is 0 Å². The number of carbonyl (C=O) groups is 1. The van der Waals surface area contributed by atoms with E-state index in [2.05, 4.69) is 15.4 Å². The summed E-state index contributed by atoms with van der Waals surface area (Å²) in [7, 11) is 1.75. The maximum atomic E-state index is 11.9. The number of rotatable bonds is 5. The molecule has 0 aliphatic rings. The minimum absolute atomic E-state index is 0.169. The lowest BCUT2D eigenvalue weighted by Gasteiger charge is -2.10. The van der Waals surface area contributed by atoms with Crippen molar-refractivity contribution in [3.63, 3.8) is 0 Å². The van der Waals surface area contributed by atoms with E-state index in [4.69, 9.17) is 10.5 Å². The maximum absolute atomic E-state index is 11.9. The Balaban J connectivity index is 2.23. The lowest BCUT2D eigenvalue weighted by atomic mass is 10.2. The Kier molecular flexibility index (Phi) is 4.54. The summed E-state index contributed by atoms with van der Waals surface area (Å²) in [6.07, 6.45) is 3.49. The number of amides is 1. The lowest BCUT2D eigenvalue weighted by Crippen LogP contribution is -2.24. The maximum Gasteiger partial charge on any atom is 0.241 e. The minimum atomic E-state index is -0.204. The van der Waals surface area contributed by atoms with Crippen LogP contribution < -0.4 is 15.8 Å². The summed E-state index contributed by atoms with van der Waals surface area (Å²) in [6, 6.07) is 3.35.